The predicted octanol–water partition coefficient (Wildman–Crippen LogP) is 3.28. The third kappa shape index (κ3) is 7.81. The second-order valence-electron chi connectivity index (χ2n) is 5.20. The number of sulfonamides is 1. The summed E-state index contributed by atoms with van der Waals surface area (Å²) in [5.74, 6) is -0.642. The molecule has 4 N–H and O–H groups in total. The first-order valence-corrected chi connectivity index (χ1v) is 9.84. The van der Waals surface area contributed by atoms with E-state index in [1.54, 1.807) is 13.0 Å². The molecule has 0 atom stereocenters. The van der Waals surface area contributed by atoms with Gasteiger partial charge in [0.05, 0.1) is 12.2 Å². The summed E-state index contributed by atoms with van der Waals surface area (Å²) in [5.41, 5.74) is 5.61. The normalized spacial score (nSPS) is 12.4. The number of aryl methyl sites for hydroxylation is 1. The van der Waals surface area contributed by atoms with E-state index in [9.17, 15) is 21.6 Å². The Kier molecular flexibility index (Phi) is 8.97. The third-order valence-electron chi connectivity index (χ3n) is 3.04. The van der Waals surface area contributed by atoms with Crippen LogP contribution in [0.1, 0.15) is 4.88 Å². The molecule has 1 aromatic heterocycles. The van der Waals surface area contributed by atoms with Crippen LogP contribution in [0.5, 0.6) is 5.75 Å². The molecule has 1 heterocycles. The second-order valence-corrected chi connectivity index (χ2v) is 8.48. The number of alkyl halides is 3. The summed E-state index contributed by atoms with van der Waals surface area (Å²) in [7, 11) is -3.63. The zero-order chi connectivity index (χ0) is 20.1. The number of guanidine groups is 1. The van der Waals surface area contributed by atoms with E-state index < -0.39 is 22.1 Å². The second kappa shape index (κ2) is 10.3. The molecule has 0 amide bonds. The van der Waals surface area contributed by atoms with Crippen LogP contribution < -0.4 is 20.5 Å². The minimum Gasteiger partial charge on any atom is -0.404 e. The largest absolute Gasteiger partial charge is 0.573 e. The fourth-order valence-electron chi connectivity index (χ4n) is 1.95. The van der Waals surface area contributed by atoms with Gasteiger partial charge >= 0.3 is 6.36 Å². The summed E-state index contributed by atoms with van der Waals surface area (Å²) in [6.45, 7) is 1.76. The lowest BCUT2D eigenvalue weighted by Crippen LogP contribution is -2.28. The highest BCUT2D eigenvalue weighted by atomic mass is 127. The highest BCUT2D eigenvalue weighted by Crippen LogP contribution is 2.29. The fourth-order valence-corrected chi connectivity index (χ4v) is 4.29. The summed E-state index contributed by atoms with van der Waals surface area (Å²) in [6.07, 6.45) is -4.85. The van der Waals surface area contributed by atoms with Crippen molar-refractivity contribution in [2.75, 3.05) is 18.4 Å². The average Bonchev–Trinajstić information content (AvgIpc) is 3.00. The molecule has 0 fully saturated rings. The predicted molar refractivity (Wildman–Crippen MR) is 113 cm³/mol. The average molecular weight is 550 g/mol. The topological polar surface area (TPSA) is 106 Å². The lowest BCUT2D eigenvalue weighted by Gasteiger charge is -2.14. The molecule has 28 heavy (non-hydrogen) atoms. The van der Waals surface area contributed by atoms with Gasteiger partial charge in [0.1, 0.15) is 4.21 Å². The highest BCUT2D eigenvalue weighted by Gasteiger charge is 2.32. The Labute approximate surface area is 181 Å². The van der Waals surface area contributed by atoms with Crippen LogP contribution >= 0.6 is 35.3 Å². The minimum absolute atomic E-state index is 0. The van der Waals surface area contributed by atoms with Crippen molar-refractivity contribution in [2.24, 2.45) is 10.7 Å². The van der Waals surface area contributed by atoms with Crippen LogP contribution in [0.4, 0.5) is 18.9 Å². The molecular formula is C15H18F3IN4O3S2. The van der Waals surface area contributed by atoms with Crippen LogP contribution in [-0.4, -0.2) is 33.8 Å². The Hall–Kier alpha value is -1.58. The van der Waals surface area contributed by atoms with Gasteiger partial charge in [0.2, 0.25) is 10.0 Å². The van der Waals surface area contributed by atoms with E-state index in [0.29, 0.717) is 0 Å². The zero-order valence-electron chi connectivity index (χ0n) is 14.5. The van der Waals surface area contributed by atoms with Gasteiger partial charge in [0, 0.05) is 11.4 Å². The molecule has 2 aromatic rings. The minimum atomic E-state index is -4.85. The van der Waals surface area contributed by atoms with E-state index >= 15 is 0 Å². The molecule has 2 rings (SSSR count). The standard InChI is InChI=1S/C15H17F3N4O3S2.HI/c1-10-6-7-13(26-10)27(23,24)21-9-8-20-14(19)22-11-4-2-3-5-12(11)25-15(16,17)18;/h2-7,21H,8-9H2,1H3,(H3,19,20,22);1H. The lowest BCUT2D eigenvalue weighted by molar-refractivity contribution is -0.274. The van der Waals surface area contributed by atoms with Crippen molar-refractivity contribution in [3.05, 3.63) is 41.3 Å². The van der Waals surface area contributed by atoms with Crippen LogP contribution in [0.3, 0.4) is 0 Å². The Balaban J connectivity index is 0.00000392. The summed E-state index contributed by atoms with van der Waals surface area (Å²) in [4.78, 5) is 4.74. The van der Waals surface area contributed by atoms with Crippen molar-refractivity contribution in [1.82, 2.24) is 4.72 Å². The zero-order valence-corrected chi connectivity index (χ0v) is 18.4. The Bertz CT molecular complexity index is 917. The first kappa shape index (κ1) is 24.5. The number of anilines is 1. The molecule has 0 aliphatic carbocycles. The van der Waals surface area contributed by atoms with Gasteiger partial charge in [-0.3, -0.25) is 4.99 Å². The van der Waals surface area contributed by atoms with Crippen LogP contribution in [0.2, 0.25) is 0 Å². The summed E-state index contributed by atoms with van der Waals surface area (Å²) < 4.78 is 67.7. The molecule has 0 saturated heterocycles. The number of aliphatic imine (C=N–C) groups is 1. The van der Waals surface area contributed by atoms with Crippen molar-refractivity contribution in [2.45, 2.75) is 17.5 Å². The monoisotopic (exact) mass is 550 g/mol. The van der Waals surface area contributed by atoms with E-state index in [4.69, 9.17) is 5.73 Å². The number of ether oxygens (including phenoxy) is 1. The molecule has 0 bridgehead atoms. The summed E-state index contributed by atoms with van der Waals surface area (Å²) >= 11 is 1.14. The molecule has 0 spiro atoms. The fraction of sp³-hybridized carbons (Fsp3) is 0.267. The molecule has 0 saturated carbocycles. The maximum absolute atomic E-state index is 12.4. The van der Waals surface area contributed by atoms with Crippen LogP contribution in [0.25, 0.3) is 0 Å². The van der Waals surface area contributed by atoms with E-state index in [-0.39, 0.29) is 52.9 Å². The molecular weight excluding hydrogens is 532 g/mol. The van der Waals surface area contributed by atoms with Crippen LogP contribution in [0, 0.1) is 6.92 Å². The van der Waals surface area contributed by atoms with Gasteiger partial charge in [0.15, 0.2) is 11.7 Å². The van der Waals surface area contributed by atoms with Crippen molar-refractivity contribution in [1.29, 1.82) is 0 Å². The number of nitrogens with one attached hydrogen (secondary N) is 2. The first-order chi connectivity index (χ1) is 12.6. The molecule has 1 aromatic carbocycles. The number of benzene rings is 1. The molecule has 0 radical (unpaired) electrons. The van der Waals surface area contributed by atoms with Crippen LogP contribution in [-0.2, 0) is 10.0 Å². The summed E-state index contributed by atoms with van der Waals surface area (Å²) in [6, 6.07) is 8.53. The van der Waals surface area contributed by atoms with Gasteiger partial charge in [-0.15, -0.1) is 48.5 Å². The van der Waals surface area contributed by atoms with Gasteiger partial charge in [-0.05, 0) is 31.2 Å². The number of hydrogen-bond acceptors (Lipinski definition) is 5. The Morgan fingerprint density at radius 2 is 1.93 bits per heavy atom. The molecule has 0 aliphatic rings. The van der Waals surface area contributed by atoms with Crippen molar-refractivity contribution >= 4 is 57.0 Å². The van der Waals surface area contributed by atoms with E-state index in [0.717, 1.165) is 22.3 Å². The molecule has 0 aliphatic heterocycles. The number of para-hydroxylation sites is 2. The van der Waals surface area contributed by atoms with E-state index in [2.05, 4.69) is 19.8 Å². The maximum Gasteiger partial charge on any atom is 0.573 e. The lowest BCUT2D eigenvalue weighted by atomic mass is 10.3. The van der Waals surface area contributed by atoms with Crippen LogP contribution in [0.15, 0.2) is 45.6 Å². The van der Waals surface area contributed by atoms with Gasteiger partial charge in [-0.2, -0.15) is 0 Å². The van der Waals surface area contributed by atoms with Crippen molar-refractivity contribution < 1.29 is 26.3 Å². The van der Waals surface area contributed by atoms with Crippen molar-refractivity contribution in [3.63, 3.8) is 0 Å². The Morgan fingerprint density at radius 3 is 2.54 bits per heavy atom. The molecule has 156 valence electrons. The van der Waals surface area contributed by atoms with E-state index in [1.165, 1.54) is 24.3 Å². The number of nitrogens with zero attached hydrogens (tertiary/aromatic N) is 1. The number of nitrogens with two attached hydrogens (primary N) is 1. The first-order valence-electron chi connectivity index (χ1n) is 7.55. The van der Waals surface area contributed by atoms with Gasteiger partial charge in [-0.25, -0.2) is 13.1 Å². The summed E-state index contributed by atoms with van der Waals surface area (Å²) in [5, 5.41) is 2.49. The number of thiophene rings is 1. The highest BCUT2D eigenvalue weighted by molar-refractivity contribution is 14.0. The van der Waals surface area contributed by atoms with Gasteiger partial charge in [0.25, 0.3) is 0 Å². The van der Waals surface area contributed by atoms with Gasteiger partial charge < -0.3 is 15.8 Å². The van der Waals surface area contributed by atoms with E-state index in [1.807, 2.05) is 0 Å². The Morgan fingerprint density at radius 1 is 1.25 bits per heavy atom. The molecule has 7 nitrogen and oxygen atoms in total. The molecule has 0 unspecified atom stereocenters. The third-order valence-corrected chi connectivity index (χ3v) is 6.00. The van der Waals surface area contributed by atoms with Crippen molar-refractivity contribution in [3.8, 4) is 5.75 Å². The smallest absolute Gasteiger partial charge is 0.404 e. The quantitative estimate of drug-likeness (QED) is 0.213. The van der Waals surface area contributed by atoms with Gasteiger partial charge in [-0.1, -0.05) is 12.1 Å². The maximum atomic E-state index is 12.4. The number of hydrogen-bond donors (Lipinski definition) is 3. The number of rotatable bonds is 7. The number of halogens is 4. The molecule has 13 heteroatoms. The SMILES string of the molecule is Cc1ccc(S(=O)(=O)NCCN=C(N)Nc2ccccc2OC(F)(F)F)s1.I.